The number of nitriles is 1. The van der Waals surface area contributed by atoms with Crippen LogP contribution in [-0.2, 0) is 0 Å². The number of H-pyrrole nitrogens is 1. The predicted octanol–water partition coefficient (Wildman–Crippen LogP) is 4.35. The van der Waals surface area contributed by atoms with Gasteiger partial charge in [0.15, 0.2) is 5.16 Å². The maximum atomic E-state index is 9.15. The molecule has 0 aliphatic rings. The summed E-state index contributed by atoms with van der Waals surface area (Å²) in [6.45, 7) is 0. The van der Waals surface area contributed by atoms with E-state index in [2.05, 4.69) is 32.0 Å². The number of benzene rings is 2. The van der Waals surface area contributed by atoms with Gasteiger partial charge in [-0.1, -0.05) is 39.8 Å². The second kappa shape index (κ2) is 5.08. The number of nitrogens with zero attached hydrogens (tertiary/aromatic N) is 2. The summed E-state index contributed by atoms with van der Waals surface area (Å²) in [5.74, 6) is 0. The van der Waals surface area contributed by atoms with Gasteiger partial charge < -0.3 is 4.98 Å². The summed E-state index contributed by atoms with van der Waals surface area (Å²) in [5, 5.41) is 9.94. The monoisotopic (exact) mass is 329 g/mol. The maximum absolute atomic E-state index is 9.15. The van der Waals surface area contributed by atoms with Gasteiger partial charge in [-0.05, 0) is 30.3 Å². The lowest BCUT2D eigenvalue weighted by Crippen LogP contribution is -1.82. The maximum Gasteiger partial charge on any atom is 0.171 e. The van der Waals surface area contributed by atoms with E-state index in [1.807, 2.05) is 42.5 Å². The first-order valence-electron chi connectivity index (χ1n) is 5.58. The van der Waals surface area contributed by atoms with E-state index in [9.17, 15) is 0 Å². The number of hydrogen-bond donors (Lipinski definition) is 1. The van der Waals surface area contributed by atoms with Gasteiger partial charge in [-0.3, -0.25) is 0 Å². The van der Waals surface area contributed by atoms with Crippen LogP contribution in [0.2, 0.25) is 0 Å². The molecule has 19 heavy (non-hydrogen) atoms. The number of halogens is 1. The van der Waals surface area contributed by atoms with Crippen LogP contribution >= 0.6 is 27.7 Å². The van der Waals surface area contributed by atoms with Crippen molar-refractivity contribution in [1.29, 1.82) is 5.26 Å². The lowest BCUT2D eigenvalue weighted by atomic mass is 10.2. The van der Waals surface area contributed by atoms with Crippen LogP contribution < -0.4 is 0 Å². The van der Waals surface area contributed by atoms with Crippen molar-refractivity contribution >= 4 is 38.7 Å². The molecule has 1 heterocycles. The number of aromatic amines is 1. The van der Waals surface area contributed by atoms with Gasteiger partial charge in [0.05, 0.1) is 16.6 Å². The summed E-state index contributed by atoms with van der Waals surface area (Å²) in [7, 11) is 0. The summed E-state index contributed by atoms with van der Waals surface area (Å²) in [6, 6.07) is 15.7. The molecule has 0 amide bonds. The third-order valence-corrected chi connectivity index (χ3v) is 4.09. The second-order valence-corrected chi connectivity index (χ2v) is 5.86. The minimum absolute atomic E-state index is 0.639. The highest BCUT2D eigenvalue weighted by molar-refractivity contribution is 9.10. The summed E-state index contributed by atoms with van der Waals surface area (Å²) in [4.78, 5) is 8.63. The fraction of sp³-hybridized carbons (Fsp3) is 0. The Morgan fingerprint density at radius 1 is 1.21 bits per heavy atom. The first kappa shape index (κ1) is 12.3. The van der Waals surface area contributed by atoms with Crippen molar-refractivity contribution < 1.29 is 0 Å². The van der Waals surface area contributed by atoms with Crippen LogP contribution in [-0.4, -0.2) is 9.97 Å². The van der Waals surface area contributed by atoms with Crippen LogP contribution in [0.3, 0.4) is 0 Å². The molecule has 0 bridgehead atoms. The molecule has 2 aromatic carbocycles. The predicted molar refractivity (Wildman–Crippen MR) is 79.1 cm³/mol. The summed E-state index contributed by atoms with van der Waals surface area (Å²) < 4.78 is 0.901. The Kier molecular flexibility index (Phi) is 3.28. The van der Waals surface area contributed by atoms with E-state index in [0.29, 0.717) is 5.56 Å². The molecule has 3 aromatic rings. The molecule has 1 N–H and O–H groups in total. The van der Waals surface area contributed by atoms with Crippen LogP contribution in [0.4, 0.5) is 0 Å². The molecular formula is C14H8BrN3S. The quantitative estimate of drug-likeness (QED) is 0.760. The topological polar surface area (TPSA) is 52.5 Å². The lowest BCUT2D eigenvalue weighted by Gasteiger charge is -2.01. The van der Waals surface area contributed by atoms with E-state index >= 15 is 0 Å². The van der Waals surface area contributed by atoms with Crippen LogP contribution in [0.25, 0.3) is 11.0 Å². The smallest absolute Gasteiger partial charge is 0.171 e. The van der Waals surface area contributed by atoms with Crippen molar-refractivity contribution in [3.63, 3.8) is 0 Å². The van der Waals surface area contributed by atoms with E-state index in [0.717, 1.165) is 25.6 Å². The van der Waals surface area contributed by atoms with Crippen molar-refractivity contribution in [3.8, 4) is 6.07 Å². The van der Waals surface area contributed by atoms with Crippen molar-refractivity contribution in [3.05, 3.63) is 52.5 Å². The Labute approximate surface area is 122 Å². The Bertz CT molecular complexity index is 756. The largest absolute Gasteiger partial charge is 0.333 e. The van der Waals surface area contributed by atoms with E-state index in [1.54, 1.807) is 0 Å². The number of imidazole rings is 1. The molecule has 0 aliphatic carbocycles. The number of fused-ring (bicyclic) bond motifs is 1. The van der Waals surface area contributed by atoms with Crippen LogP contribution in [0.15, 0.2) is 57.0 Å². The number of hydrogen-bond acceptors (Lipinski definition) is 3. The summed E-state index contributed by atoms with van der Waals surface area (Å²) in [5.41, 5.74) is 2.57. The van der Waals surface area contributed by atoms with Gasteiger partial charge in [0, 0.05) is 9.37 Å². The Hall–Kier alpha value is -1.77. The molecule has 0 atom stereocenters. The summed E-state index contributed by atoms with van der Waals surface area (Å²) in [6.07, 6.45) is 0. The average Bonchev–Trinajstić information content (AvgIpc) is 2.83. The van der Waals surface area contributed by atoms with Crippen molar-refractivity contribution in [1.82, 2.24) is 9.97 Å². The second-order valence-electron chi connectivity index (χ2n) is 3.91. The normalized spacial score (nSPS) is 10.5. The minimum atomic E-state index is 0.639. The van der Waals surface area contributed by atoms with Crippen LogP contribution in [0.1, 0.15) is 5.56 Å². The van der Waals surface area contributed by atoms with E-state index < -0.39 is 0 Å². The molecule has 0 radical (unpaired) electrons. The number of nitrogens with one attached hydrogen (secondary N) is 1. The summed E-state index contributed by atoms with van der Waals surface area (Å²) >= 11 is 4.83. The minimum Gasteiger partial charge on any atom is -0.333 e. The van der Waals surface area contributed by atoms with Gasteiger partial charge in [-0.25, -0.2) is 4.98 Å². The van der Waals surface area contributed by atoms with E-state index in [1.165, 1.54) is 11.8 Å². The highest BCUT2D eigenvalue weighted by Crippen LogP contribution is 2.31. The third kappa shape index (κ3) is 2.50. The molecule has 5 heteroatoms. The highest BCUT2D eigenvalue weighted by atomic mass is 79.9. The molecule has 0 aliphatic heterocycles. The standard InChI is InChI=1S/C14H8BrN3S/c15-10-5-6-13(9(7-10)8-16)19-14-17-11-3-1-2-4-12(11)18-14/h1-7H,(H,17,18). The molecule has 92 valence electrons. The molecule has 3 rings (SSSR count). The van der Waals surface area contributed by atoms with Crippen LogP contribution in [0, 0.1) is 11.3 Å². The van der Waals surface area contributed by atoms with Crippen molar-refractivity contribution in [2.75, 3.05) is 0 Å². The zero-order chi connectivity index (χ0) is 13.2. The molecule has 0 fully saturated rings. The number of para-hydroxylation sites is 2. The van der Waals surface area contributed by atoms with Crippen molar-refractivity contribution in [2.45, 2.75) is 10.1 Å². The van der Waals surface area contributed by atoms with Gasteiger partial charge in [0.2, 0.25) is 0 Å². The molecular weight excluding hydrogens is 322 g/mol. The number of rotatable bonds is 2. The SMILES string of the molecule is N#Cc1cc(Br)ccc1Sc1nc2ccccc2[nH]1. The number of aromatic nitrogens is 2. The van der Waals surface area contributed by atoms with Gasteiger partial charge in [0.25, 0.3) is 0 Å². The van der Waals surface area contributed by atoms with Gasteiger partial charge >= 0.3 is 0 Å². The third-order valence-electron chi connectivity index (χ3n) is 2.64. The highest BCUT2D eigenvalue weighted by Gasteiger charge is 2.08. The zero-order valence-electron chi connectivity index (χ0n) is 9.72. The molecule has 0 unspecified atom stereocenters. The Morgan fingerprint density at radius 2 is 2.05 bits per heavy atom. The lowest BCUT2D eigenvalue weighted by molar-refractivity contribution is 1.08. The zero-order valence-corrected chi connectivity index (χ0v) is 12.1. The average molecular weight is 330 g/mol. The van der Waals surface area contributed by atoms with Crippen LogP contribution in [0.5, 0.6) is 0 Å². The molecule has 0 saturated carbocycles. The first-order chi connectivity index (χ1) is 9.26. The first-order valence-corrected chi connectivity index (χ1v) is 7.19. The van der Waals surface area contributed by atoms with E-state index in [-0.39, 0.29) is 0 Å². The fourth-order valence-electron chi connectivity index (χ4n) is 1.76. The van der Waals surface area contributed by atoms with E-state index in [4.69, 9.17) is 5.26 Å². The van der Waals surface area contributed by atoms with Gasteiger partial charge in [-0.15, -0.1) is 0 Å². The molecule has 3 nitrogen and oxygen atoms in total. The Morgan fingerprint density at radius 3 is 2.84 bits per heavy atom. The van der Waals surface area contributed by atoms with Gasteiger partial charge in [0.1, 0.15) is 6.07 Å². The van der Waals surface area contributed by atoms with Crippen molar-refractivity contribution in [2.24, 2.45) is 0 Å². The molecule has 0 saturated heterocycles. The molecule has 0 spiro atoms. The Balaban J connectivity index is 1.99. The fourth-order valence-corrected chi connectivity index (χ4v) is 2.99. The van der Waals surface area contributed by atoms with Gasteiger partial charge in [-0.2, -0.15) is 5.26 Å². The molecule has 1 aromatic heterocycles.